The Morgan fingerprint density at radius 1 is 1.43 bits per heavy atom. The van der Waals surface area contributed by atoms with Gasteiger partial charge in [-0.1, -0.05) is 26.3 Å². The Hall–Kier alpha value is -2.09. The van der Waals surface area contributed by atoms with Gasteiger partial charge >= 0.3 is 0 Å². The molecule has 0 fully saturated rings. The smallest absolute Gasteiger partial charge is 0.268 e. The summed E-state index contributed by atoms with van der Waals surface area (Å²) in [5.74, 6) is -1.09. The molecule has 1 aliphatic rings. The second-order valence-electron chi connectivity index (χ2n) is 5.66. The third kappa shape index (κ3) is 4.01. The number of para-hydroxylation sites is 1. The molecule has 2 unspecified atom stereocenters. The fourth-order valence-electron chi connectivity index (χ4n) is 2.14. The van der Waals surface area contributed by atoms with E-state index in [1.54, 1.807) is 26.0 Å². The van der Waals surface area contributed by atoms with Crippen molar-refractivity contribution in [1.29, 1.82) is 0 Å². The number of benzene rings is 1. The summed E-state index contributed by atoms with van der Waals surface area (Å²) in [4.78, 5) is 23.9. The molecular formula is C15H20N2O5S. The van der Waals surface area contributed by atoms with Crippen molar-refractivity contribution < 1.29 is 22.7 Å². The minimum absolute atomic E-state index is 0.0550. The molecule has 23 heavy (non-hydrogen) atoms. The summed E-state index contributed by atoms with van der Waals surface area (Å²) in [5.41, 5.74) is 0.419. The third-order valence-corrected chi connectivity index (χ3v) is 5.13. The highest BCUT2D eigenvalue weighted by Gasteiger charge is 2.29. The van der Waals surface area contributed by atoms with Crippen LogP contribution in [0.15, 0.2) is 18.2 Å². The molecule has 0 bridgehead atoms. The van der Waals surface area contributed by atoms with Crippen molar-refractivity contribution in [2.24, 2.45) is 5.92 Å². The lowest BCUT2D eigenvalue weighted by atomic mass is 10.1. The van der Waals surface area contributed by atoms with Crippen molar-refractivity contribution in [2.75, 3.05) is 11.1 Å². The van der Waals surface area contributed by atoms with Crippen molar-refractivity contribution in [2.45, 2.75) is 33.3 Å². The van der Waals surface area contributed by atoms with E-state index in [0.29, 0.717) is 12.1 Å². The molecule has 1 aliphatic heterocycles. The molecule has 0 saturated heterocycles. The number of anilines is 1. The van der Waals surface area contributed by atoms with Crippen LogP contribution in [0.3, 0.4) is 0 Å². The van der Waals surface area contributed by atoms with Crippen LogP contribution in [0.25, 0.3) is 0 Å². The van der Waals surface area contributed by atoms with E-state index in [4.69, 9.17) is 4.74 Å². The summed E-state index contributed by atoms with van der Waals surface area (Å²) >= 11 is 0. The lowest BCUT2D eigenvalue weighted by molar-refractivity contribution is -0.122. The van der Waals surface area contributed by atoms with Crippen molar-refractivity contribution in [1.82, 2.24) is 4.72 Å². The van der Waals surface area contributed by atoms with Gasteiger partial charge in [0.25, 0.3) is 11.8 Å². The number of amides is 2. The minimum atomic E-state index is -3.73. The maximum Gasteiger partial charge on any atom is 0.268 e. The van der Waals surface area contributed by atoms with Crippen LogP contribution in [0, 0.1) is 5.92 Å². The molecular weight excluding hydrogens is 320 g/mol. The maximum atomic E-state index is 12.3. The predicted molar refractivity (Wildman–Crippen MR) is 85.9 cm³/mol. The number of fused-ring (bicyclic) bond motifs is 1. The van der Waals surface area contributed by atoms with Gasteiger partial charge < -0.3 is 10.1 Å². The van der Waals surface area contributed by atoms with E-state index in [-0.39, 0.29) is 28.9 Å². The number of nitrogens with one attached hydrogen (secondary N) is 2. The van der Waals surface area contributed by atoms with Crippen LogP contribution < -0.4 is 14.8 Å². The zero-order valence-electron chi connectivity index (χ0n) is 13.3. The van der Waals surface area contributed by atoms with E-state index in [1.807, 2.05) is 6.92 Å². The first-order chi connectivity index (χ1) is 10.7. The van der Waals surface area contributed by atoms with E-state index in [1.165, 1.54) is 6.07 Å². The zero-order chi connectivity index (χ0) is 17.2. The van der Waals surface area contributed by atoms with Gasteiger partial charge in [0.05, 0.1) is 17.0 Å². The summed E-state index contributed by atoms with van der Waals surface area (Å²) in [5, 5.41) is 2.62. The minimum Gasteiger partial charge on any atom is -0.478 e. The Morgan fingerprint density at radius 2 is 2.13 bits per heavy atom. The number of hydrogen-bond acceptors (Lipinski definition) is 5. The Labute approximate surface area is 135 Å². The summed E-state index contributed by atoms with van der Waals surface area (Å²) in [6.45, 7) is 5.23. The molecule has 7 nitrogen and oxygen atoms in total. The summed E-state index contributed by atoms with van der Waals surface area (Å²) in [6, 6.07) is 4.59. The highest BCUT2D eigenvalue weighted by molar-refractivity contribution is 7.90. The monoisotopic (exact) mass is 340 g/mol. The summed E-state index contributed by atoms with van der Waals surface area (Å²) in [6.07, 6.45) is -0.0594. The van der Waals surface area contributed by atoms with Gasteiger partial charge in [-0.15, -0.1) is 0 Å². The first kappa shape index (κ1) is 17.3. The van der Waals surface area contributed by atoms with E-state index < -0.39 is 22.0 Å². The number of carbonyl (C=O) groups is 2. The summed E-state index contributed by atoms with van der Waals surface area (Å²) in [7, 11) is -3.73. The Kier molecular flexibility index (Phi) is 4.93. The molecule has 0 aliphatic carbocycles. The quantitative estimate of drug-likeness (QED) is 0.846. The molecule has 0 radical (unpaired) electrons. The van der Waals surface area contributed by atoms with Crippen molar-refractivity contribution >= 4 is 27.5 Å². The normalized spacial score (nSPS) is 18.4. The molecule has 0 aromatic heterocycles. The molecule has 126 valence electrons. The molecule has 2 atom stereocenters. The van der Waals surface area contributed by atoms with Crippen LogP contribution in [0.5, 0.6) is 5.75 Å². The highest BCUT2D eigenvalue weighted by atomic mass is 32.2. The molecule has 1 aromatic rings. The van der Waals surface area contributed by atoms with Crippen LogP contribution in [-0.4, -0.2) is 32.1 Å². The van der Waals surface area contributed by atoms with E-state index in [9.17, 15) is 18.0 Å². The van der Waals surface area contributed by atoms with Gasteiger partial charge in [-0.25, -0.2) is 13.1 Å². The number of rotatable bonds is 5. The molecule has 8 heteroatoms. The first-order valence-corrected chi connectivity index (χ1v) is 9.04. The Bertz CT molecular complexity index is 729. The average molecular weight is 340 g/mol. The average Bonchev–Trinajstić information content (AvgIpc) is 2.46. The van der Waals surface area contributed by atoms with Gasteiger partial charge in [0, 0.05) is 0 Å². The first-order valence-electron chi connectivity index (χ1n) is 7.39. The standard InChI is InChI=1S/C15H20N2O5S/c1-4-9(2)8-23(20,21)17-15(19)11-6-5-7-12-13(11)22-10(3)14(18)16-12/h5-7,9-10H,4,8H2,1-3H3,(H,16,18)(H,17,19). The van der Waals surface area contributed by atoms with Gasteiger partial charge in [-0.2, -0.15) is 0 Å². The summed E-state index contributed by atoms with van der Waals surface area (Å²) < 4.78 is 31.6. The highest BCUT2D eigenvalue weighted by Crippen LogP contribution is 2.33. The van der Waals surface area contributed by atoms with E-state index in [2.05, 4.69) is 10.0 Å². The van der Waals surface area contributed by atoms with Crippen molar-refractivity contribution in [3.05, 3.63) is 23.8 Å². The lowest BCUT2D eigenvalue weighted by Gasteiger charge is -2.25. The lowest BCUT2D eigenvalue weighted by Crippen LogP contribution is -2.37. The number of ether oxygens (including phenoxy) is 1. The van der Waals surface area contributed by atoms with Gasteiger partial charge in [0.1, 0.15) is 0 Å². The van der Waals surface area contributed by atoms with Gasteiger partial charge in [0.15, 0.2) is 11.9 Å². The molecule has 1 heterocycles. The number of sulfonamides is 1. The third-order valence-electron chi connectivity index (χ3n) is 3.63. The van der Waals surface area contributed by atoms with Crippen LogP contribution in [0.2, 0.25) is 0 Å². The molecule has 1 aromatic carbocycles. The van der Waals surface area contributed by atoms with Crippen LogP contribution in [0.4, 0.5) is 5.69 Å². The molecule has 2 rings (SSSR count). The molecule has 0 saturated carbocycles. The SMILES string of the molecule is CCC(C)CS(=O)(=O)NC(=O)c1cccc2c1OC(C)C(=O)N2. The van der Waals surface area contributed by atoms with E-state index in [0.717, 1.165) is 0 Å². The van der Waals surface area contributed by atoms with Crippen LogP contribution >= 0.6 is 0 Å². The molecule has 2 amide bonds. The fraction of sp³-hybridized carbons (Fsp3) is 0.467. The second-order valence-corrected chi connectivity index (χ2v) is 7.42. The Balaban J connectivity index is 2.24. The van der Waals surface area contributed by atoms with E-state index >= 15 is 0 Å². The van der Waals surface area contributed by atoms with Gasteiger partial charge in [-0.3, -0.25) is 9.59 Å². The van der Waals surface area contributed by atoms with Crippen LogP contribution in [0.1, 0.15) is 37.6 Å². The van der Waals surface area contributed by atoms with Crippen molar-refractivity contribution in [3.63, 3.8) is 0 Å². The van der Waals surface area contributed by atoms with Crippen LogP contribution in [-0.2, 0) is 14.8 Å². The number of hydrogen-bond donors (Lipinski definition) is 2. The fourth-order valence-corrected chi connectivity index (χ4v) is 3.60. The maximum absolute atomic E-state index is 12.3. The zero-order valence-corrected chi connectivity index (χ0v) is 14.1. The van der Waals surface area contributed by atoms with Crippen molar-refractivity contribution in [3.8, 4) is 5.75 Å². The second kappa shape index (κ2) is 6.57. The largest absolute Gasteiger partial charge is 0.478 e. The van der Waals surface area contributed by atoms with Gasteiger partial charge in [-0.05, 0) is 25.0 Å². The van der Waals surface area contributed by atoms with Gasteiger partial charge in [0.2, 0.25) is 10.0 Å². The molecule has 0 spiro atoms. The molecule has 2 N–H and O–H groups in total. The predicted octanol–water partition coefficient (Wildman–Crippen LogP) is 1.51. The topological polar surface area (TPSA) is 102 Å². The Morgan fingerprint density at radius 3 is 2.78 bits per heavy atom. The number of carbonyl (C=O) groups excluding carboxylic acids is 2.